The zero-order valence-corrected chi connectivity index (χ0v) is 7.90. The maximum atomic E-state index is 12.5. The van der Waals surface area contributed by atoms with E-state index in [1.54, 1.807) is 6.92 Å². The summed E-state index contributed by atoms with van der Waals surface area (Å²) in [5.41, 5.74) is 0.279. The summed E-state index contributed by atoms with van der Waals surface area (Å²) in [7, 11) is -1.23. The van der Waals surface area contributed by atoms with E-state index in [0.29, 0.717) is 5.75 Å². The Labute approximate surface area is 78.2 Å². The molecule has 0 aliphatic heterocycles. The van der Waals surface area contributed by atoms with Gasteiger partial charge in [-0.2, -0.15) is 0 Å². The van der Waals surface area contributed by atoms with Crippen molar-refractivity contribution in [2.45, 2.75) is 6.92 Å². The average molecular weight is 203 g/mol. The van der Waals surface area contributed by atoms with Crippen LogP contribution in [0.15, 0.2) is 18.2 Å². The van der Waals surface area contributed by atoms with Crippen molar-refractivity contribution in [1.29, 1.82) is 0 Å². The van der Waals surface area contributed by atoms with Crippen LogP contribution in [-0.2, 0) is 11.0 Å². The summed E-state index contributed by atoms with van der Waals surface area (Å²) in [6.45, 7) is 1.74. The molecule has 0 aliphatic carbocycles. The fourth-order valence-corrected chi connectivity index (χ4v) is 1.35. The number of rotatable bonds is 3. The van der Waals surface area contributed by atoms with Crippen LogP contribution in [0, 0.1) is 5.82 Å². The molecular weight excluding hydrogens is 193 g/mol. The van der Waals surface area contributed by atoms with Crippen LogP contribution in [0.25, 0.3) is 0 Å². The molecule has 0 heterocycles. The lowest BCUT2D eigenvalue weighted by Gasteiger charge is -2.05. The first kappa shape index (κ1) is 9.98. The van der Waals surface area contributed by atoms with Gasteiger partial charge in [-0.15, -0.1) is 0 Å². The molecule has 0 bridgehead atoms. The summed E-state index contributed by atoms with van der Waals surface area (Å²) in [5, 5.41) is 9.20. The summed E-state index contributed by atoms with van der Waals surface area (Å²) in [5.74, 6) is -0.330. The lowest BCUT2D eigenvalue weighted by atomic mass is 10.3. The normalized spacial score (nSPS) is 12.5. The highest BCUT2D eigenvalue weighted by atomic mass is 32.2. The third-order valence-electron chi connectivity index (χ3n) is 1.45. The number of phenolic OH excluding ortho intramolecular Hbond substituents is 1. The standard InChI is InChI=1S/C8H10FNO2S/c1-2-13(12)10-7-4-3-6(9)5-8(7)11/h3-5,10-11H,2H2,1H3. The fourth-order valence-electron chi connectivity index (χ4n) is 0.786. The van der Waals surface area contributed by atoms with Crippen molar-refractivity contribution < 1.29 is 13.7 Å². The van der Waals surface area contributed by atoms with E-state index < -0.39 is 16.8 Å². The summed E-state index contributed by atoms with van der Waals surface area (Å²) in [6.07, 6.45) is 0. The molecule has 1 aromatic carbocycles. The highest BCUT2D eigenvalue weighted by molar-refractivity contribution is 7.86. The van der Waals surface area contributed by atoms with E-state index >= 15 is 0 Å². The molecule has 0 amide bonds. The highest BCUT2D eigenvalue weighted by Crippen LogP contribution is 2.23. The number of anilines is 1. The molecule has 1 rings (SSSR count). The van der Waals surface area contributed by atoms with Gasteiger partial charge < -0.3 is 9.83 Å². The Morgan fingerprint density at radius 3 is 2.85 bits per heavy atom. The SMILES string of the molecule is CCS(=O)Nc1ccc(F)cc1O. The van der Waals surface area contributed by atoms with Gasteiger partial charge >= 0.3 is 0 Å². The number of halogens is 1. The first-order valence-electron chi connectivity index (χ1n) is 3.77. The average Bonchev–Trinajstić information content (AvgIpc) is 2.09. The summed E-state index contributed by atoms with van der Waals surface area (Å²) in [6, 6.07) is 3.50. The molecule has 1 atom stereocenters. The fraction of sp³-hybridized carbons (Fsp3) is 0.250. The molecule has 3 nitrogen and oxygen atoms in total. The Hall–Kier alpha value is -1.10. The first-order chi connectivity index (χ1) is 6.13. The Morgan fingerprint density at radius 2 is 2.31 bits per heavy atom. The van der Waals surface area contributed by atoms with Gasteiger partial charge in [0.25, 0.3) is 0 Å². The van der Waals surface area contributed by atoms with E-state index in [4.69, 9.17) is 0 Å². The molecule has 0 saturated heterocycles. The molecule has 2 N–H and O–H groups in total. The van der Waals surface area contributed by atoms with Crippen molar-refractivity contribution in [2.24, 2.45) is 0 Å². The van der Waals surface area contributed by atoms with Gasteiger partial charge in [-0.1, -0.05) is 6.92 Å². The number of hydrogen-bond acceptors (Lipinski definition) is 2. The number of phenols is 1. The zero-order chi connectivity index (χ0) is 9.84. The summed E-state index contributed by atoms with van der Waals surface area (Å²) in [4.78, 5) is 0. The van der Waals surface area contributed by atoms with Gasteiger partial charge in [-0.3, -0.25) is 0 Å². The predicted molar refractivity (Wildman–Crippen MR) is 50.4 cm³/mol. The molecule has 0 radical (unpaired) electrons. The van der Waals surface area contributed by atoms with Crippen LogP contribution in [0.2, 0.25) is 0 Å². The second-order valence-corrected chi connectivity index (χ2v) is 3.87. The van der Waals surface area contributed by atoms with Crippen LogP contribution in [-0.4, -0.2) is 15.1 Å². The van der Waals surface area contributed by atoms with Gasteiger partial charge in [0.05, 0.1) is 5.69 Å². The third-order valence-corrected chi connectivity index (χ3v) is 2.42. The summed E-state index contributed by atoms with van der Waals surface area (Å²) >= 11 is 0. The van der Waals surface area contributed by atoms with E-state index in [2.05, 4.69) is 4.72 Å². The van der Waals surface area contributed by atoms with Crippen LogP contribution in [0.3, 0.4) is 0 Å². The second-order valence-electron chi connectivity index (χ2n) is 2.40. The first-order valence-corrected chi connectivity index (χ1v) is 5.09. The Bertz CT molecular complexity index is 330. The number of hydrogen-bond donors (Lipinski definition) is 2. The Morgan fingerprint density at radius 1 is 1.62 bits per heavy atom. The number of nitrogens with one attached hydrogen (secondary N) is 1. The number of aromatic hydroxyl groups is 1. The lowest BCUT2D eigenvalue weighted by molar-refractivity contribution is 0.472. The monoisotopic (exact) mass is 203 g/mol. The van der Waals surface area contributed by atoms with Gasteiger partial charge in [0.2, 0.25) is 0 Å². The van der Waals surface area contributed by atoms with E-state index in [1.807, 2.05) is 0 Å². The van der Waals surface area contributed by atoms with Crippen molar-refractivity contribution in [3.63, 3.8) is 0 Å². The van der Waals surface area contributed by atoms with Crippen LogP contribution in [0.4, 0.5) is 10.1 Å². The van der Waals surface area contributed by atoms with Gasteiger partial charge in [0.1, 0.15) is 22.6 Å². The van der Waals surface area contributed by atoms with E-state index in [1.165, 1.54) is 12.1 Å². The summed E-state index contributed by atoms with van der Waals surface area (Å²) < 4.78 is 26.1. The zero-order valence-electron chi connectivity index (χ0n) is 7.08. The van der Waals surface area contributed by atoms with E-state index in [-0.39, 0.29) is 11.4 Å². The van der Waals surface area contributed by atoms with Gasteiger partial charge in [-0.25, -0.2) is 8.60 Å². The minimum atomic E-state index is -1.23. The van der Waals surface area contributed by atoms with Gasteiger partial charge in [0.15, 0.2) is 0 Å². The minimum Gasteiger partial charge on any atom is -0.506 e. The Kier molecular flexibility index (Phi) is 3.25. The third kappa shape index (κ3) is 2.69. The predicted octanol–water partition coefficient (Wildman–Crippen LogP) is 1.63. The lowest BCUT2D eigenvalue weighted by Crippen LogP contribution is -2.06. The second kappa shape index (κ2) is 4.23. The van der Waals surface area contributed by atoms with Crippen LogP contribution in [0.5, 0.6) is 5.75 Å². The molecule has 5 heteroatoms. The molecule has 0 aromatic heterocycles. The van der Waals surface area contributed by atoms with Crippen LogP contribution in [0.1, 0.15) is 6.92 Å². The highest BCUT2D eigenvalue weighted by Gasteiger charge is 2.03. The molecule has 0 spiro atoms. The minimum absolute atomic E-state index is 0.234. The van der Waals surface area contributed by atoms with Crippen molar-refractivity contribution in [3.8, 4) is 5.75 Å². The molecule has 1 unspecified atom stereocenters. The van der Waals surface area contributed by atoms with E-state index in [9.17, 15) is 13.7 Å². The van der Waals surface area contributed by atoms with Crippen LogP contribution >= 0.6 is 0 Å². The van der Waals surface area contributed by atoms with Gasteiger partial charge in [-0.05, 0) is 12.1 Å². The molecule has 0 fully saturated rings. The topological polar surface area (TPSA) is 49.3 Å². The van der Waals surface area contributed by atoms with Crippen LogP contribution < -0.4 is 4.72 Å². The quantitative estimate of drug-likeness (QED) is 0.733. The molecule has 1 aromatic rings. The van der Waals surface area contributed by atoms with Crippen molar-refractivity contribution in [1.82, 2.24) is 0 Å². The molecule has 13 heavy (non-hydrogen) atoms. The molecule has 0 saturated carbocycles. The molecule has 0 aliphatic rings. The molecular formula is C8H10FNO2S. The van der Waals surface area contributed by atoms with E-state index in [0.717, 1.165) is 6.07 Å². The Balaban J connectivity index is 2.83. The number of benzene rings is 1. The van der Waals surface area contributed by atoms with Crippen molar-refractivity contribution in [2.75, 3.05) is 10.5 Å². The molecule has 72 valence electrons. The largest absolute Gasteiger partial charge is 0.506 e. The maximum absolute atomic E-state index is 12.5. The van der Waals surface area contributed by atoms with Gasteiger partial charge in [0, 0.05) is 11.8 Å². The van der Waals surface area contributed by atoms with Crippen molar-refractivity contribution in [3.05, 3.63) is 24.0 Å². The maximum Gasteiger partial charge on any atom is 0.142 e. The smallest absolute Gasteiger partial charge is 0.142 e. The van der Waals surface area contributed by atoms with Crippen molar-refractivity contribution >= 4 is 16.7 Å².